The summed E-state index contributed by atoms with van der Waals surface area (Å²) >= 11 is 0. The molecule has 0 spiro atoms. The Labute approximate surface area is 180 Å². The van der Waals surface area contributed by atoms with Crippen LogP contribution in [-0.2, 0) is 11.2 Å². The Hall–Kier alpha value is -3.65. The van der Waals surface area contributed by atoms with E-state index in [0.717, 1.165) is 5.57 Å². The van der Waals surface area contributed by atoms with Crippen molar-refractivity contribution in [2.24, 2.45) is 0 Å². The standard InChI is InChI=1S/C23H25NO7/c1-15(2)5-11-18-20(26)13-21(30-4)22(23(18)31-14-29-3)19(25)12-8-16-6-9-17(10-7-16)24(27)28/h5-10,12-13,26H,11,14H2,1-4H3/b12-8+. The third-order valence-electron chi connectivity index (χ3n) is 4.36. The normalized spacial score (nSPS) is 10.7. The number of carbonyl (C=O) groups excluding carboxylic acids is 1. The Bertz CT molecular complexity index is 1000. The highest BCUT2D eigenvalue weighted by Crippen LogP contribution is 2.40. The van der Waals surface area contributed by atoms with Gasteiger partial charge in [-0.15, -0.1) is 0 Å². The summed E-state index contributed by atoms with van der Waals surface area (Å²) in [7, 11) is 2.84. The number of phenols is 1. The van der Waals surface area contributed by atoms with Crippen LogP contribution in [0, 0.1) is 10.1 Å². The Morgan fingerprint density at radius 1 is 1.19 bits per heavy atom. The molecule has 31 heavy (non-hydrogen) atoms. The van der Waals surface area contributed by atoms with Gasteiger partial charge in [0.15, 0.2) is 12.6 Å². The lowest BCUT2D eigenvalue weighted by Gasteiger charge is -2.18. The zero-order valence-corrected chi connectivity index (χ0v) is 17.9. The average Bonchev–Trinajstić information content (AvgIpc) is 2.74. The number of rotatable bonds is 10. The smallest absolute Gasteiger partial charge is 0.269 e. The number of non-ortho nitro benzene ring substituents is 1. The molecule has 0 saturated heterocycles. The molecule has 0 fully saturated rings. The summed E-state index contributed by atoms with van der Waals surface area (Å²) in [5.74, 6) is -0.145. The van der Waals surface area contributed by atoms with E-state index >= 15 is 0 Å². The van der Waals surface area contributed by atoms with Crippen LogP contribution in [0.1, 0.15) is 35.3 Å². The average molecular weight is 427 g/mol. The molecule has 0 aliphatic carbocycles. The molecule has 8 nitrogen and oxygen atoms in total. The molecule has 0 amide bonds. The van der Waals surface area contributed by atoms with Crippen molar-refractivity contribution in [3.63, 3.8) is 0 Å². The summed E-state index contributed by atoms with van der Waals surface area (Å²) in [5.41, 5.74) is 2.20. The number of aromatic hydroxyl groups is 1. The van der Waals surface area contributed by atoms with Gasteiger partial charge in [-0.1, -0.05) is 17.7 Å². The minimum absolute atomic E-state index is 0.0390. The van der Waals surface area contributed by atoms with Crippen LogP contribution in [0.3, 0.4) is 0 Å². The molecule has 0 heterocycles. The van der Waals surface area contributed by atoms with Crippen molar-refractivity contribution >= 4 is 17.5 Å². The van der Waals surface area contributed by atoms with Crippen molar-refractivity contribution in [2.45, 2.75) is 20.3 Å². The number of phenolic OH excluding ortho intramolecular Hbond substituents is 1. The van der Waals surface area contributed by atoms with Gasteiger partial charge >= 0.3 is 0 Å². The molecule has 0 atom stereocenters. The lowest BCUT2D eigenvalue weighted by atomic mass is 9.99. The SMILES string of the molecule is COCOc1c(CC=C(C)C)c(O)cc(OC)c1C(=O)/C=C/c1ccc([N+](=O)[O-])cc1. The second kappa shape index (κ2) is 10.9. The van der Waals surface area contributed by atoms with E-state index in [1.807, 2.05) is 19.9 Å². The van der Waals surface area contributed by atoms with E-state index in [4.69, 9.17) is 14.2 Å². The number of ether oxygens (including phenoxy) is 3. The van der Waals surface area contributed by atoms with E-state index in [-0.39, 0.29) is 35.3 Å². The molecule has 0 unspecified atom stereocenters. The van der Waals surface area contributed by atoms with Crippen LogP contribution in [-0.4, -0.2) is 36.8 Å². The molecule has 1 N–H and O–H groups in total. The first-order valence-corrected chi connectivity index (χ1v) is 9.43. The number of hydrogen-bond donors (Lipinski definition) is 1. The fourth-order valence-electron chi connectivity index (χ4n) is 2.80. The van der Waals surface area contributed by atoms with Crippen molar-refractivity contribution in [3.8, 4) is 17.2 Å². The van der Waals surface area contributed by atoms with Crippen LogP contribution in [0.4, 0.5) is 5.69 Å². The number of hydrogen-bond acceptors (Lipinski definition) is 7. The molecule has 0 bridgehead atoms. The monoisotopic (exact) mass is 427 g/mol. The molecule has 2 rings (SSSR count). The molecular formula is C23H25NO7. The van der Waals surface area contributed by atoms with Gasteiger partial charge in [-0.2, -0.15) is 0 Å². The van der Waals surface area contributed by atoms with E-state index in [0.29, 0.717) is 17.5 Å². The third-order valence-corrected chi connectivity index (χ3v) is 4.36. The number of allylic oxidation sites excluding steroid dienone is 3. The summed E-state index contributed by atoms with van der Waals surface area (Å²) < 4.78 is 16.0. The summed E-state index contributed by atoms with van der Waals surface area (Å²) in [5, 5.41) is 21.3. The lowest BCUT2D eigenvalue weighted by Crippen LogP contribution is -2.09. The van der Waals surface area contributed by atoms with Crippen molar-refractivity contribution in [1.29, 1.82) is 0 Å². The molecule has 0 aliphatic rings. The molecule has 2 aromatic rings. The van der Waals surface area contributed by atoms with Gasteiger partial charge in [0.05, 0.1) is 12.0 Å². The molecular weight excluding hydrogens is 402 g/mol. The lowest BCUT2D eigenvalue weighted by molar-refractivity contribution is -0.384. The number of nitrogens with zero attached hydrogens (tertiary/aromatic N) is 1. The molecule has 8 heteroatoms. The Balaban J connectivity index is 2.50. The number of benzene rings is 2. The maximum absolute atomic E-state index is 13.1. The molecule has 0 radical (unpaired) electrons. The van der Waals surface area contributed by atoms with E-state index < -0.39 is 10.7 Å². The van der Waals surface area contributed by atoms with Crippen molar-refractivity contribution in [3.05, 3.63) is 74.9 Å². The Kier molecular flexibility index (Phi) is 8.33. The second-order valence-corrected chi connectivity index (χ2v) is 6.86. The fraction of sp³-hybridized carbons (Fsp3) is 0.261. The molecule has 164 valence electrons. The summed E-state index contributed by atoms with van der Waals surface area (Å²) in [6.07, 6.45) is 5.11. The minimum Gasteiger partial charge on any atom is -0.507 e. The first-order chi connectivity index (χ1) is 14.8. The summed E-state index contributed by atoms with van der Waals surface area (Å²) in [6.45, 7) is 3.73. The zero-order valence-electron chi connectivity index (χ0n) is 17.9. The first kappa shape index (κ1) is 23.6. The maximum atomic E-state index is 13.1. The van der Waals surface area contributed by atoms with E-state index in [1.54, 1.807) is 12.1 Å². The van der Waals surface area contributed by atoms with Crippen molar-refractivity contribution < 1.29 is 29.0 Å². The second-order valence-electron chi connectivity index (χ2n) is 6.86. The largest absolute Gasteiger partial charge is 0.507 e. The van der Waals surface area contributed by atoms with E-state index in [1.165, 1.54) is 44.6 Å². The Morgan fingerprint density at radius 3 is 2.42 bits per heavy atom. The number of nitro groups is 1. The highest BCUT2D eigenvalue weighted by molar-refractivity contribution is 6.11. The number of nitro benzene ring substituents is 1. The van der Waals surface area contributed by atoms with Gasteiger partial charge in [0, 0.05) is 30.9 Å². The predicted octanol–water partition coefficient (Wildman–Crippen LogP) is 4.70. The van der Waals surface area contributed by atoms with Crippen molar-refractivity contribution in [2.75, 3.05) is 21.0 Å². The van der Waals surface area contributed by atoms with E-state index in [2.05, 4.69) is 0 Å². The summed E-state index contributed by atoms with van der Waals surface area (Å²) in [4.78, 5) is 23.4. The molecule has 0 saturated carbocycles. The number of methoxy groups -OCH3 is 2. The fourth-order valence-corrected chi connectivity index (χ4v) is 2.80. The van der Waals surface area contributed by atoms with Gasteiger partial charge in [0.2, 0.25) is 0 Å². The maximum Gasteiger partial charge on any atom is 0.269 e. The van der Waals surface area contributed by atoms with Gasteiger partial charge < -0.3 is 19.3 Å². The number of ketones is 1. The third kappa shape index (κ3) is 6.16. The van der Waals surface area contributed by atoms with Crippen LogP contribution < -0.4 is 9.47 Å². The van der Waals surface area contributed by atoms with E-state index in [9.17, 15) is 20.0 Å². The van der Waals surface area contributed by atoms with Gasteiger partial charge in [0.25, 0.3) is 5.69 Å². The quantitative estimate of drug-likeness (QED) is 0.146. The minimum atomic E-state index is -0.493. The topological polar surface area (TPSA) is 108 Å². The van der Waals surface area contributed by atoms with Gasteiger partial charge in [-0.25, -0.2) is 0 Å². The summed E-state index contributed by atoms with van der Waals surface area (Å²) in [6, 6.07) is 7.17. The number of carbonyl (C=O) groups is 1. The van der Waals surface area contributed by atoms with Crippen LogP contribution in [0.15, 0.2) is 48.1 Å². The predicted molar refractivity (Wildman–Crippen MR) is 117 cm³/mol. The molecule has 0 aromatic heterocycles. The van der Waals surface area contributed by atoms with Crippen LogP contribution >= 0.6 is 0 Å². The van der Waals surface area contributed by atoms with Crippen molar-refractivity contribution in [1.82, 2.24) is 0 Å². The molecule has 2 aromatic carbocycles. The van der Waals surface area contributed by atoms with Crippen LogP contribution in [0.5, 0.6) is 17.2 Å². The van der Waals surface area contributed by atoms with Crippen LogP contribution in [0.25, 0.3) is 6.08 Å². The van der Waals surface area contributed by atoms with Gasteiger partial charge in [0.1, 0.15) is 22.8 Å². The Morgan fingerprint density at radius 2 is 1.87 bits per heavy atom. The first-order valence-electron chi connectivity index (χ1n) is 9.43. The highest BCUT2D eigenvalue weighted by atomic mass is 16.7. The highest BCUT2D eigenvalue weighted by Gasteiger charge is 2.24. The zero-order chi connectivity index (χ0) is 23.0. The van der Waals surface area contributed by atoms with Crippen LogP contribution in [0.2, 0.25) is 0 Å². The molecule has 0 aliphatic heterocycles. The van der Waals surface area contributed by atoms with Gasteiger partial charge in [-0.3, -0.25) is 14.9 Å². The van der Waals surface area contributed by atoms with Gasteiger partial charge in [-0.05, 0) is 44.0 Å².